The minimum Gasteiger partial charge on any atom is -0.344 e. The molecule has 0 saturated heterocycles. The van der Waals surface area contributed by atoms with E-state index in [-0.39, 0.29) is 6.10 Å². The Morgan fingerprint density at radius 2 is 1.75 bits per heavy atom. The van der Waals surface area contributed by atoms with Crippen molar-refractivity contribution in [3.63, 3.8) is 0 Å². The highest BCUT2D eigenvalue weighted by molar-refractivity contribution is 4.76. The summed E-state index contributed by atoms with van der Waals surface area (Å²) < 4.78 is 5.54. The Kier molecular flexibility index (Phi) is 3.53. The molecule has 1 aliphatic rings. The molecule has 0 amide bonds. The molecule has 1 fully saturated rings. The molecular weight excluding hydrogens is 152 g/mol. The monoisotopic (exact) mass is 171 g/mol. The minimum atomic E-state index is -1.03. The first-order valence-corrected chi connectivity index (χ1v) is 5.08. The van der Waals surface area contributed by atoms with E-state index in [9.17, 15) is 5.11 Å². The van der Waals surface area contributed by atoms with Crippen LogP contribution in [-0.2, 0) is 9.84 Å². The van der Waals surface area contributed by atoms with Crippen LogP contribution in [0.3, 0.4) is 0 Å². The zero-order valence-corrected chi connectivity index (χ0v) is 8.14. The predicted octanol–water partition coefficient (Wildman–Crippen LogP) is 2.89. The fourth-order valence-electron chi connectivity index (χ4n) is 1.79. The first-order valence-electron chi connectivity index (χ1n) is 5.08. The molecule has 71 valence electrons. The maximum absolute atomic E-state index is 11.8. The van der Waals surface area contributed by atoms with Crippen molar-refractivity contribution in [3.05, 3.63) is 0 Å². The second-order valence-electron chi connectivity index (χ2n) is 3.67. The molecule has 0 atom stereocenters. The maximum atomic E-state index is 11.8. The van der Waals surface area contributed by atoms with Gasteiger partial charge in [0.05, 0.1) is 6.10 Å². The summed E-state index contributed by atoms with van der Waals surface area (Å²) in [7, 11) is 0. The van der Waals surface area contributed by atoms with E-state index in [2.05, 4.69) is 13.8 Å². The third kappa shape index (κ3) is 2.46. The summed E-state index contributed by atoms with van der Waals surface area (Å²) in [5, 5.41) is 11.8. The zero-order valence-electron chi connectivity index (χ0n) is 8.14. The largest absolute Gasteiger partial charge is 0.344 e. The van der Waals surface area contributed by atoms with E-state index >= 15 is 0 Å². The van der Waals surface area contributed by atoms with Gasteiger partial charge in [-0.2, -0.15) is 5.11 Å². The molecule has 0 N–H and O–H groups in total. The van der Waals surface area contributed by atoms with E-state index in [1.165, 1.54) is 0 Å². The predicted molar refractivity (Wildman–Crippen MR) is 47.3 cm³/mol. The summed E-state index contributed by atoms with van der Waals surface area (Å²) in [4.78, 5) is 0. The highest BCUT2D eigenvalue weighted by Gasteiger charge is 2.35. The van der Waals surface area contributed by atoms with Gasteiger partial charge in [0, 0.05) is 12.8 Å². The second-order valence-corrected chi connectivity index (χ2v) is 3.67. The van der Waals surface area contributed by atoms with Crippen LogP contribution in [0.5, 0.6) is 0 Å². The summed E-state index contributed by atoms with van der Waals surface area (Å²) in [6, 6.07) is 0. The van der Waals surface area contributed by atoms with E-state index in [1.54, 1.807) is 0 Å². The van der Waals surface area contributed by atoms with Crippen molar-refractivity contribution in [2.24, 2.45) is 0 Å². The van der Waals surface area contributed by atoms with Gasteiger partial charge >= 0.3 is 0 Å². The van der Waals surface area contributed by atoms with E-state index in [0.717, 1.165) is 25.7 Å². The van der Waals surface area contributed by atoms with E-state index in [4.69, 9.17) is 4.74 Å². The maximum Gasteiger partial charge on any atom is 0.201 e. The molecule has 0 aromatic carbocycles. The van der Waals surface area contributed by atoms with Crippen LogP contribution in [0.25, 0.3) is 0 Å². The molecule has 0 aromatic rings. The van der Waals surface area contributed by atoms with E-state index in [1.807, 2.05) is 0 Å². The highest BCUT2D eigenvalue weighted by atomic mass is 16.6. The molecule has 1 saturated carbocycles. The lowest BCUT2D eigenvalue weighted by atomic mass is 10.2. The summed E-state index contributed by atoms with van der Waals surface area (Å²) in [5.74, 6) is -1.03. The van der Waals surface area contributed by atoms with Gasteiger partial charge in [0.25, 0.3) is 0 Å². The normalized spacial score (nSPS) is 22.0. The van der Waals surface area contributed by atoms with Crippen molar-refractivity contribution in [2.75, 3.05) is 0 Å². The number of ether oxygens (including phenoxy) is 1. The first-order chi connectivity index (χ1) is 5.70. The molecular formula is C10H19O2. The van der Waals surface area contributed by atoms with Gasteiger partial charge in [0.15, 0.2) is 0 Å². The van der Waals surface area contributed by atoms with Crippen LogP contribution in [0.1, 0.15) is 52.4 Å². The van der Waals surface area contributed by atoms with Crippen molar-refractivity contribution in [1.29, 1.82) is 0 Å². The van der Waals surface area contributed by atoms with Crippen LogP contribution in [0.15, 0.2) is 0 Å². The molecule has 0 bridgehead atoms. The summed E-state index contributed by atoms with van der Waals surface area (Å²) in [6.45, 7) is 4.15. The van der Waals surface area contributed by atoms with Crippen LogP contribution in [0, 0.1) is 0 Å². The lowest BCUT2D eigenvalue weighted by Gasteiger charge is -2.25. The Balaban J connectivity index is 2.36. The zero-order chi connectivity index (χ0) is 9.03. The number of hydrogen-bond donors (Lipinski definition) is 0. The summed E-state index contributed by atoms with van der Waals surface area (Å²) >= 11 is 0. The molecule has 2 heteroatoms. The van der Waals surface area contributed by atoms with Crippen molar-refractivity contribution in [2.45, 2.75) is 64.3 Å². The van der Waals surface area contributed by atoms with E-state index < -0.39 is 5.79 Å². The Labute approximate surface area is 74.9 Å². The third-order valence-corrected chi connectivity index (χ3v) is 2.66. The molecule has 0 spiro atoms. The molecule has 1 rings (SSSR count). The summed E-state index contributed by atoms with van der Waals surface area (Å²) in [6.07, 6.45) is 5.61. The second kappa shape index (κ2) is 4.24. The quantitative estimate of drug-likeness (QED) is 0.598. The van der Waals surface area contributed by atoms with Gasteiger partial charge in [-0.15, -0.1) is 0 Å². The van der Waals surface area contributed by atoms with Crippen molar-refractivity contribution in [1.82, 2.24) is 0 Å². The minimum absolute atomic E-state index is 0.181. The highest BCUT2D eigenvalue weighted by Crippen LogP contribution is 2.33. The average molecular weight is 171 g/mol. The van der Waals surface area contributed by atoms with Gasteiger partial charge in [-0.1, -0.05) is 13.8 Å². The molecule has 12 heavy (non-hydrogen) atoms. The lowest BCUT2D eigenvalue weighted by molar-refractivity contribution is -0.259. The first kappa shape index (κ1) is 10.0. The third-order valence-electron chi connectivity index (χ3n) is 2.66. The van der Waals surface area contributed by atoms with Gasteiger partial charge in [-0.25, -0.2) is 0 Å². The Hall–Kier alpha value is -0.0800. The lowest BCUT2D eigenvalue weighted by Crippen LogP contribution is -2.31. The van der Waals surface area contributed by atoms with Crippen LogP contribution in [0.4, 0.5) is 0 Å². The number of rotatable bonds is 4. The Morgan fingerprint density at radius 1 is 1.25 bits per heavy atom. The Morgan fingerprint density at radius 3 is 2.17 bits per heavy atom. The van der Waals surface area contributed by atoms with Crippen molar-refractivity contribution < 1.29 is 9.84 Å². The van der Waals surface area contributed by atoms with Crippen molar-refractivity contribution in [3.8, 4) is 0 Å². The topological polar surface area (TPSA) is 29.1 Å². The standard InChI is InChI=1S/C10H19O2/c1-3-9(4-2)12-10(11)7-5-6-8-10/h9H,3-8H2,1-2H3. The Bertz CT molecular complexity index is 124. The molecule has 0 heterocycles. The van der Waals surface area contributed by atoms with Gasteiger partial charge in [-0.05, 0) is 25.7 Å². The van der Waals surface area contributed by atoms with Crippen molar-refractivity contribution >= 4 is 0 Å². The van der Waals surface area contributed by atoms with Crippen LogP contribution < -0.4 is 0 Å². The fraction of sp³-hybridized carbons (Fsp3) is 1.00. The molecule has 0 aliphatic heterocycles. The molecule has 2 nitrogen and oxygen atoms in total. The number of hydrogen-bond acceptors (Lipinski definition) is 1. The average Bonchev–Trinajstić information content (AvgIpc) is 2.48. The van der Waals surface area contributed by atoms with Crippen LogP contribution in [-0.4, -0.2) is 11.9 Å². The summed E-state index contributed by atoms with van der Waals surface area (Å²) in [5.41, 5.74) is 0. The molecule has 0 aromatic heterocycles. The fourth-order valence-corrected chi connectivity index (χ4v) is 1.79. The molecule has 0 unspecified atom stereocenters. The smallest absolute Gasteiger partial charge is 0.201 e. The van der Waals surface area contributed by atoms with Crippen LogP contribution >= 0.6 is 0 Å². The van der Waals surface area contributed by atoms with Gasteiger partial charge in [0.1, 0.15) is 0 Å². The molecule has 1 aliphatic carbocycles. The van der Waals surface area contributed by atoms with Gasteiger partial charge < -0.3 is 4.74 Å². The van der Waals surface area contributed by atoms with Gasteiger partial charge in [-0.3, -0.25) is 0 Å². The van der Waals surface area contributed by atoms with Crippen LogP contribution in [0.2, 0.25) is 0 Å². The van der Waals surface area contributed by atoms with E-state index in [0.29, 0.717) is 12.8 Å². The SMILES string of the molecule is CCC(CC)OC1([O])CCCC1. The molecule has 1 radical (unpaired) electrons. The van der Waals surface area contributed by atoms with Gasteiger partial charge in [0.2, 0.25) is 5.79 Å².